The Kier molecular flexibility index (Phi) is 8.21. The third-order valence-electron chi connectivity index (χ3n) is 14.4. The Morgan fingerprint density at radius 2 is 1.20 bits per heavy atom. The van der Waals surface area contributed by atoms with Crippen molar-refractivity contribution in [3.05, 3.63) is 147 Å². The second kappa shape index (κ2) is 12.7. The Labute approximate surface area is 361 Å². The van der Waals surface area contributed by atoms with Gasteiger partial charge in [0.2, 0.25) is 5.90 Å². The summed E-state index contributed by atoms with van der Waals surface area (Å²) in [5, 5.41) is 4.94. The Balaban J connectivity index is 1.27. The lowest BCUT2D eigenvalue weighted by atomic mass is 9.66. The normalized spacial score (nSPS) is 19.3. The number of aliphatic imine (C=N–C) groups is 1. The number of fused-ring (bicyclic) bond motifs is 9. The van der Waals surface area contributed by atoms with E-state index < -0.39 is 11.1 Å². The van der Waals surface area contributed by atoms with Gasteiger partial charge in [-0.15, -0.1) is 0 Å². The van der Waals surface area contributed by atoms with Crippen molar-refractivity contribution in [2.45, 2.75) is 125 Å². The standard InChI is InChI=1S/C56H60N4O/c1-32-15-19-45-41(23-32)43-29-44-42-24-33(2)16-20-46(42)60(49-28-38(21-22-57-49)52(5,6)7)48(44)30-47(43)59(45)40-26-37(25-39(27-40)53(8,9)10)51-58-55(14)50-35(4)34(3)17-18-36(50)31-56(55,61-51)54(11,12)13/h15-30H,31H2,1-14H3/t55-,56-/m1/s1. The fourth-order valence-electron chi connectivity index (χ4n) is 10.9. The third kappa shape index (κ3) is 5.64. The van der Waals surface area contributed by atoms with E-state index >= 15 is 0 Å². The van der Waals surface area contributed by atoms with Crippen molar-refractivity contribution in [3.63, 3.8) is 0 Å². The van der Waals surface area contributed by atoms with Crippen LogP contribution in [0.2, 0.25) is 0 Å². The predicted octanol–water partition coefficient (Wildman–Crippen LogP) is 14.1. The fourth-order valence-corrected chi connectivity index (χ4v) is 10.9. The summed E-state index contributed by atoms with van der Waals surface area (Å²) >= 11 is 0. The number of hydrogen-bond acceptors (Lipinski definition) is 3. The van der Waals surface area contributed by atoms with Gasteiger partial charge in [-0.05, 0) is 146 Å². The molecule has 3 aromatic heterocycles. The third-order valence-corrected chi connectivity index (χ3v) is 14.4. The number of nitrogens with zero attached hydrogens (tertiary/aromatic N) is 4. The fraction of sp³-hybridized carbons (Fsp3) is 0.357. The van der Waals surface area contributed by atoms with E-state index in [-0.39, 0.29) is 16.2 Å². The molecule has 4 heterocycles. The van der Waals surface area contributed by atoms with Crippen molar-refractivity contribution < 1.29 is 4.74 Å². The Bertz CT molecular complexity index is 3210. The van der Waals surface area contributed by atoms with Gasteiger partial charge in [-0.3, -0.25) is 4.57 Å². The van der Waals surface area contributed by atoms with Crippen LogP contribution in [0.15, 0.2) is 102 Å². The molecule has 61 heavy (non-hydrogen) atoms. The van der Waals surface area contributed by atoms with Gasteiger partial charge in [-0.1, -0.05) is 97.7 Å². The van der Waals surface area contributed by atoms with Crippen LogP contribution in [-0.2, 0) is 27.5 Å². The lowest BCUT2D eigenvalue weighted by Gasteiger charge is -2.45. The molecular formula is C56H60N4O. The van der Waals surface area contributed by atoms with Gasteiger partial charge >= 0.3 is 0 Å². The molecule has 10 rings (SSSR count). The topological polar surface area (TPSA) is 44.3 Å². The maximum Gasteiger partial charge on any atom is 0.217 e. The molecule has 2 aliphatic rings. The molecule has 310 valence electrons. The van der Waals surface area contributed by atoms with Gasteiger partial charge in [0.15, 0.2) is 0 Å². The van der Waals surface area contributed by atoms with E-state index in [1.807, 2.05) is 6.20 Å². The van der Waals surface area contributed by atoms with Gasteiger partial charge in [-0.25, -0.2) is 9.98 Å². The molecule has 8 aromatic rings. The van der Waals surface area contributed by atoms with Gasteiger partial charge in [0.05, 0.1) is 22.1 Å². The average molecular weight is 805 g/mol. The van der Waals surface area contributed by atoms with E-state index in [0.717, 1.165) is 45.9 Å². The van der Waals surface area contributed by atoms with Crippen molar-refractivity contribution >= 4 is 49.5 Å². The second-order valence-electron chi connectivity index (χ2n) is 21.7. The Morgan fingerprint density at radius 1 is 0.590 bits per heavy atom. The van der Waals surface area contributed by atoms with Crippen LogP contribution in [0.5, 0.6) is 0 Å². The summed E-state index contributed by atoms with van der Waals surface area (Å²) in [6, 6.07) is 34.6. The largest absolute Gasteiger partial charge is 0.467 e. The first-order chi connectivity index (χ1) is 28.6. The number of aryl methyl sites for hydroxylation is 3. The number of ether oxygens (including phenoxy) is 1. The van der Waals surface area contributed by atoms with Crippen LogP contribution in [0.1, 0.15) is 119 Å². The quantitative estimate of drug-likeness (QED) is 0.179. The van der Waals surface area contributed by atoms with E-state index in [9.17, 15) is 0 Å². The van der Waals surface area contributed by atoms with E-state index in [0.29, 0.717) is 0 Å². The molecular weight excluding hydrogens is 745 g/mol. The molecule has 0 saturated heterocycles. The maximum atomic E-state index is 7.46. The minimum Gasteiger partial charge on any atom is -0.467 e. The summed E-state index contributed by atoms with van der Waals surface area (Å²) in [5.41, 5.74) is 15.6. The molecule has 1 aliphatic heterocycles. The molecule has 2 atom stereocenters. The first-order valence-corrected chi connectivity index (χ1v) is 22.1. The van der Waals surface area contributed by atoms with Crippen LogP contribution in [0.3, 0.4) is 0 Å². The van der Waals surface area contributed by atoms with Gasteiger partial charge in [0.1, 0.15) is 17.0 Å². The molecule has 1 aliphatic carbocycles. The molecule has 0 radical (unpaired) electrons. The molecule has 0 spiro atoms. The van der Waals surface area contributed by atoms with Crippen LogP contribution >= 0.6 is 0 Å². The summed E-state index contributed by atoms with van der Waals surface area (Å²) in [7, 11) is 0. The molecule has 0 amide bonds. The predicted molar refractivity (Wildman–Crippen MR) is 257 cm³/mol. The van der Waals surface area contributed by atoms with Crippen molar-refractivity contribution in [1.82, 2.24) is 14.1 Å². The second-order valence-corrected chi connectivity index (χ2v) is 21.7. The minimum absolute atomic E-state index is 0.0164. The summed E-state index contributed by atoms with van der Waals surface area (Å²) in [5.74, 6) is 1.66. The van der Waals surface area contributed by atoms with Gasteiger partial charge in [0, 0.05) is 50.8 Å². The summed E-state index contributed by atoms with van der Waals surface area (Å²) < 4.78 is 12.3. The first-order valence-electron chi connectivity index (χ1n) is 22.1. The van der Waals surface area contributed by atoms with Crippen LogP contribution in [-0.4, -0.2) is 25.6 Å². The Morgan fingerprint density at radius 3 is 1.82 bits per heavy atom. The monoisotopic (exact) mass is 804 g/mol. The van der Waals surface area contributed by atoms with Crippen LogP contribution < -0.4 is 0 Å². The SMILES string of the molecule is Cc1ccc2c(c1)c1cc3c4cc(C)ccc4n(-c4cc(C(C)(C)C)ccn4)c3cc1n2-c1cc(C2=N[C@]3(C)c4c(ccc(C)c4C)C[C@]3(C(C)(C)C)O2)cc(C(C)(C)C)c1. The van der Waals surface area contributed by atoms with Crippen molar-refractivity contribution in [3.8, 4) is 11.5 Å². The summed E-state index contributed by atoms with van der Waals surface area (Å²) in [6.45, 7) is 31.9. The zero-order valence-corrected chi connectivity index (χ0v) is 38.6. The molecule has 0 fully saturated rings. The highest BCUT2D eigenvalue weighted by Crippen LogP contribution is 2.61. The lowest BCUT2D eigenvalue weighted by Crippen LogP contribution is -2.54. The molecule has 0 unspecified atom stereocenters. The van der Waals surface area contributed by atoms with Gasteiger partial charge in [0.25, 0.3) is 0 Å². The zero-order chi connectivity index (χ0) is 43.3. The first kappa shape index (κ1) is 39.5. The number of aromatic nitrogens is 3. The van der Waals surface area contributed by atoms with E-state index in [4.69, 9.17) is 14.7 Å². The van der Waals surface area contributed by atoms with Crippen LogP contribution in [0, 0.1) is 33.1 Å². The molecule has 5 heteroatoms. The van der Waals surface area contributed by atoms with Gasteiger partial charge in [-0.2, -0.15) is 0 Å². The number of benzene rings is 5. The van der Waals surface area contributed by atoms with Crippen LogP contribution in [0.25, 0.3) is 55.1 Å². The maximum absolute atomic E-state index is 7.46. The highest BCUT2D eigenvalue weighted by Gasteiger charge is 2.67. The smallest absolute Gasteiger partial charge is 0.217 e. The average Bonchev–Trinajstić information content (AvgIpc) is 3.86. The highest BCUT2D eigenvalue weighted by atomic mass is 16.5. The molecule has 0 saturated carbocycles. The highest BCUT2D eigenvalue weighted by molar-refractivity contribution is 6.19. The lowest BCUT2D eigenvalue weighted by molar-refractivity contribution is -0.0674. The number of rotatable bonds is 3. The van der Waals surface area contributed by atoms with E-state index in [1.165, 1.54) is 71.6 Å². The Hall–Kier alpha value is -5.68. The molecule has 0 bridgehead atoms. The van der Waals surface area contributed by atoms with Crippen molar-refractivity contribution in [1.29, 1.82) is 0 Å². The summed E-state index contributed by atoms with van der Waals surface area (Å²) in [4.78, 5) is 10.8. The van der Waals surface area contributed by atoms with Crippen molar-refractivity contribution in [2.24, 2.45) is 10.4 Å². The molecule has 0 N–H and O–H groups in total. The van der Waals surface area contributed by atoms with Crippen LogP contribution in [0.4, 0.5) is 0 Å². The van der Waals surface area contributed by atoms with Crippen molar-refractivity contribution in [2.75, 3.05) is 0 Å². The minimum atomic E-state index is -0.538. The zero-order valence-electron chi connectivity index (χ0n) is 38.6. The van der Waals surface area contributed by atoms with E-state index in [2.05, 4.69) is 197 Å². The number of hydrogen-bond donors (Lipinski definition) is 0. The van der Waals surface area contributed by atoms with E-state index in [1.54, 1.807) is 0 Å². The summed E-state index contributed by atoms with van der Waals surface area (Å²) in [6.07, 6.45) is 2.79. The molecule has 5 aromatic carbocycles. The van der Waals surface area contributed by atoms with Gasteiger partial charge < -0.3 is 9.30 Å². The number of pyridine rings is 1. The molecule has 5 nitrogen and oxygen atoms in total.